The van der Waals surface area contributed by atoms with Crippen LogP contribution in [0.2, 0.25) is 10.0 Å². The van der Waals surface area contributed by atoms with Crippen molar-refractivity contribution in [2.45, 2.75) is 38.1 Å². The van der Waals surface area contributed by atoms with Crippen LogP contribution in [0, 0.1) is 0 Å². The summed E-state index contributed by atoms with van der Waals surface area (Å²) in [4.78, 5) is 12.1. The van der Waals surface area contributed by atoms with Gasteiger partial charge < -0.3 is 5.32 Å². The van der Waals surface area contributed by atoms with Crippen LogP contribution in [0.3, 0.4) is 0 Å². The Kier molecular flexibility index (Phi) is 6.31. The molecule has 0 aliphatic heterocycles. The molecule has 0 aromatic heterocycles. The summed E-state index contributed by atoms with van der Waals surface area (Å²) < 4.78 is 25.3. The molecule has 23 heavy (non-hydrogen) atoms. The molecule has 1 aliphatic rings. The highest BCUT2D eigenvalue weighted by atomic mass is 35.5. The fourth-order valence-electron chi connectivity index (χ4n) is 2.83. The van der Waals surface area contributed by atoms with E-state index in [4.69, 9.17) is 23.2 Å². The Bertz CT molecular complexity index is 673. The number of anilines is 1. The zero-order chi connectivity index (χ0) is 17.0. The van der Waals surface area contributed by atoms with Crippen LogP contribution >= 0.6 is 23.2 Å². The Balaban J connectivity index is 1.96. The first kappa shape index (κ1) is 18.5. The molecule has 1 saturated carbocycles. The molecule has 0 saturated heterocycles. The van der Waals surface area contributed by atoms with Crippen LogP contribution in [0.1, 0.15) is 32.1 Å². The summed E-state index contributed by atoms with van der Waals surface area (Å²) in [5.74, 6) is -0.277. The van der Waals surface area contributed by atoms with Gasteiger partial charge >= 0.3 is 0 Å². The average molecular weight is 379 g/mol. The molecule has 1 amide bonds. The molecular formula is C15H20Cl2N2O3S. The van der Waals surface area contributed by atoms with Crippen molar-refractivity contribution >= 4 is 44.8 Å². The Morgan fingerprint density at radius 2 is 1.96 bits per heavy atom. The molecule has 0 heterocycles. The highest BCUT2D eigenvalue weighted by molar-refractivity contribution is 7.88. The fourth-order valence-corrected chi connectivity index (χ4v) is 4.46. The number of halogens is 2. The van der Waals surface area contributed by atoms with Gasteiger partial charge in [-0.2, -0.15) is 4.31 Å². The largest absolute Gasteiger partial charge is 0.325 e. The number of amides is 1. The zero-order valence-corrected chi connectivity index (χ0v) is 15.2. The molecule has 8 heteroatoms. The van der Waals surface area contributed by atoms with E-state index in [1.807, 2.05) is 0 Å². The molecule has 0 atom stereocenters. The number of benzene rings is 1. The molecule has 5 nitrogen and oxygen atoms in total. The van der Waals surface area contributed by atoms with Crippen LogP contribution in [0.4, 0.5) is 5.69 Å². The number of hydrogen-bond acceptors (Lipinski definition) is 3. The van der Waals surface area contributed by atoms with E-state index in [1.165, 1.54) is 10.6 Å². The van der Waals surface area contributed by atoms with Crippen LogP contribution in [0.15, 0.2) is 18.2 Å². The summed E-state index contributed by atoms with van der Waals surface area (Å²) in [6, 6.07) is 4.80. The summed E-state index contributed by atoms with van der Waals surface area (Å²) in [5, 5.41) is 3.52. The minimum atomic E-state index is -3.32. The predicted octanol–water partition coefficient (Wildman–Crippen LogP) is 3.53. The smallest absolute Gasteiger partial charge is 0.225 e. The summed E-state index contributed by atoms with van der Waals surface area (Å²) in [6.07, 6.45) is 5.06. The Morgan fingerprint density at radius 3 is 2.52 bits per heavy atom. The second-order valence-corrected chi connectivity index (χ2v) is 8.51. The van der Waals surface area contributed by atoms with Gasteiger partial charge in [0.15, 0.2) is 0 Å². The molecule has 1 aromatic rings. The van der Waals surface area contributed by atoms with E-state index >= 15 is 0 Å². The number of rotatable bonds is 6. The van der Waals surface area contributed by atoms with E-state index < -0.39 is 10.0 Å². The topological polar surface area (TPSA) is 66.5 Å². The average Bonchev–Trinajstić information content (AvgIpc) is 2.94. The number of carbonyl (C=O) groups excluding carboxylic acids is 1. The molecule has 128 valence electrons. The number of hydrogen-bond donors (Lipinski definition) is 1. The maximum absolute atomic E-state index is 12.1. The quantitative estimate of drug-likeness (QED) is 0.822. The third-order valence-corrected chi connectivity index (χ3v) is 5.80. The lowest BCUT2D eigenvalue weighted by Gasteiger charge is -2.26. The van der Waals surface area contributed by atoms with Gasteiger partial charge in [-0.3, -0.25) is 4.79 Å². The van der Waals surface area contributed by atoms with Gasteiger partial charge in [0.05, 0.1) is 17.0 Å². The second-order valence-electron chi connectivity index (χ2n) is 5.73. The minimum Gasteiger partial charge on any atom is -0.325 e. The summed E-state index contributed by atoms with van der Waals surface area (Å²) in [7, 11) is -3.32. The first-order chi connectivity index (χ1) is 10.8. The first-order valence-electron chi connectivity index (χ1n) is 7.49. The molecule has 0 bridgehead atoms. The fraction of sp³-hybridized carbons (Fsp3) is 0.533. The lowest BCUT2D eigenvalue weighted by molar-refractivity contribution is -0.116. The van der Waals surface area contributed by atoms with Gasteiger partial charge in [-0.25, -0.2) is 8.42 Å². The molecule has 1 aromatic carbocycles. The van der Waals surface area contributed by atoms with Crippen molar-refractivity contribution in [3.05, 3.63) is 28.2 Å². The second kappa shape index (κ2) is 7.83. The molecule has 0 spiro atoms. The van der Waals surface area contributed by atoms with Gasteiger partial charge in [-0.15, -0.1) is 0 Å². The monoisotopic (exact) mass is 378 g/mol. The molecule has 2 rings (SSSR count). The highest BCUT2D eigenvalue weighted by Gasteiger charge is 2.29. The van der Waals surface area contributed by atoms with Crippen LogP contribution in [-0.2, 0) is 14.8 Å². The molecule has 0 radical (unpaired) electrons. The minimum absolute atomic E-state index is 0.0110. The lowest BCUT2D eigenvalue weighted by atomic mass is 10.2. The number of nitrogens with one attached hydrogen (secondary N) is 1. The molecule has 1 aliphatic carbocycles. The Hall–Kier alpha value is -0.820. The van der Waals surface area contributed by atoms with Gasteiger partial charge in [0.25, 0.3) is 0 Å². The predicted molar refractivity (Wildman–Crippen MR) is 93.5 cm³/mol. The van der Waals surface area contributed by atoms with Crippen LogP contribution < -0.4 is 5.32 Å². The SMILES string of the molecule is CS(=O)(=O)N(CCC(=O)Nc1ccc(Cl)cc1Cl)C1CCCC1. The normalized spacial score (nSPS) is 16.0. The number of nitrogens with zero attached hydrogens (tertiary/aromatic N) is 1. The highest BCUT2D eigenvalue weighted by Crippen LogP contribution is 2.27. The molecule has 1 N–H and O–H groups in total. The van der Waals surface area contributed by atoms with E-state index in [2.05, 4.69) is 5.32 Å². The van der Waals surface area contributed by atoms with Crippen molar-refractivity contribution < 1.29 is 13.2 Å². The van der Waals surface area contributed by atoms with Crippen molar-refractivity contribution in [2.24, 2.45) is 0 Å². The van der Waals surface area contributed by atoms with Crippen molar-refractivity contribution in [3.8, 4) is 0 Å². The van der Waals surface area contributed by atoms with Crippen LogP contribution in [0.5, 0.6) is 0 Å². The summed E-state index contributed by atoms with van der Waals surface area (Å²) in [5.41, 5.74) is 0.466. The zero-order valence-electron chi connectivity index (χ0n) is 12.9. The van der Waals surface area contributed by atoms with E-state index in [0.29, 0.717) is 15.7 Å². The number of sulfonamides is 1. The van der Waals surface area contributed by atoms with Crippen molar-refractivity contribution in [3.63, 3.8) is 0 Å². The molecular weight excluding hydrogens is 359 g/mol. The van der Waals surface area contributed by atoms with Crippen molar-refractivity contribution in [1.29, 1.82) is 0 Å². The van der Waals surface area contributed by atoms with Crippen molar-refractivity contribution in [1.82, 2.24) is 4.31 Å². The van der Waals surface area contributed by atoms with Gasteiger partial charge in [0, 0.05) is 24.0 Å². The van der Waals surface area contributed by atoms with E-state index in [0.717, 1.165) is 25.7 Å². The third kappa shape index (κ3) is 5.35. The first-order valence-corrected chi connectivity index (χ1v) is 10.1. The number of carbonyl (C=O) groups is 1. The Morgan fingerprint density at radius 1 is 1.30 bits per heavy atom. The molecule has 0 unspecified atom stereocenters. The standard InChI is InChI=1S/C15H20Cl2N2O3S/c1-23(21,22)19(12-4-2-3-5-12)9-8-15(20)18-14-7-6-11(16)10-13(14)17/h6-7,10,12H,2-5,8-9H2,1H3,(H,18,20). The van der Waals surface area contributed by atoms with E-state index in [9.17, 15) is 13.2 Å². The molecule has 1 fully saturated rings. The van der Waals surface area contributed by atoms with Crippen LogP contribution in [-0.4, -0.2) is 37.5 Å². The Labute approximate surface area is 147 Å². The van der Waals surface area contributed by atoms with Gasteiger partial charge in [-0.05, 0) is 31.0 Å². The van der Waals surface area contributed by atoms with E-state index in [1.54, 1.807) is 18.2 Å². The van der Waals surface area contributed by atoms with Crippen LogP contribution in [0.25, 0.3) is 0 Å². The maximum Gasteiger partial charge on any atom is 0.225 e. The van der Waals surface area contributed by atoms with Gasteiger partial charge in [0.2, 0.25) is 15.9 Å². The summed E-state index contributed by atoms with van der Waals surface area (Å²) >= 11 is 11.8. The van der Waals surface area contributed by atoms with Gasteiger partial charge in [0.1, 0.15) is 0 Å². The third-order valence-electron chi connectivity index (χ3n) is 3.92. The van der Waals surface area contributed by atoms with Gasteiger partial charge in [-0.1, -0.05) is 36.0 Å². The maximum atomic E-state index is 12.1. The van der Waals surface area contributed by atoms with E-state index in [-0.39, 0.29) is 24.9 Å². The van der Waals surface area contributed by atoms with Crippen molar-refractivity contribution in [2.75, 3.05) is 18.1 Å². The summed E-state index contributed by atoms with van der Waals surface area (Å²) in [6.45, 7) is 0.181. The lowest BCUT2D eigenvalue weighted by Crippen LogP contribution is -2.39.